The highest BCUT2D eigenvalue weighted by molar-refractivity contribution is 8.00. The van der Waals surface area contributed by atoms with Gasteiger partial charge in [0, 0.05) is 21.4 Å². The molecule has 0 radical (unpaired) electrons. The molecule has 0 bridgehead atoms. The highest BCUT2D eigenvalue weighted by Gasteiger charge is 2.56. The Bertz CT molecular complexity index is 1580. The summed E-state index contributed by atoms with van der Waals surface area (Å²) in [5.41, 5.74) is 3.36. The third-order valence-electron chi connectivity index (χ3n) is 6.79. The smallest absolute Gasteiger partial charge is 0.305 e. The molecule has 2 aliphatic heterocycles. The number of hydrogen-bond acceptors (Lipinski definition) is 6. The first kappa shape index (κ1) is 24.0. The van der Waals surface area contributed by atoms with Crippen LogP contribution in [0.4, 0.5) is 5.69 Å². The van der Waals surface area contributed by atoms with E-state index in [1.54, 1.807) is 42.5 Å². The molecule has 37 heavy (non-hydrogen) atoms. The quantitative estimate of drug-likeness (QED) is 0.320. The number of aromatic nitrogens is 1. The minimum absolute atomic E-state index is 0.230. The first-order chi connectivity index (χ1) is 17.9. The van der Waals surface area contributed by atoms with Gasteiger partial charge < -0.3 is 9.72 Å². The zero-order chi connectivity index (χ0) is 25.7. The molecule has 3 atom stereocenters. The fourth-order valence-corrected chi connectivity index (χ4v) is 7.69. The second-order valence-electron chi connectivity index (χ2n) is 8.99. The minimum atomic E-state index is -0.712. The van der Waals surface area contributed by atoms with Crippen LogP contribution in [0.3, 0.4) is 0 Å². The molecule has 186 valence electrons. The summed E-state index contributed by atoms with van der Waals surface area (Å²) in [4.78, 5) is 44.5. The fourth-order valence-electron chi connectivity index (χ4n) is 5.01. The Morgan fingerprint density at radius 1 is 0.973 bits per heavy atom. The summed E-state index contributed by atoms with van der Waals surface area (Å²) >= 11 is 8.76. The van der Waals surface area contributed by atoms with Gasteiger partial charge in [0.25, 0.3) is 0 Å². The van der Waals surface area contributed by atoms with Gasteiger partial charge in [-0.2, -0.15) is 0 Å². The number of nitrogens with one attached hydrogen (secondary N) is 1. The average Bonchev–Trinajstić information content (AvgIpc) is 3.39. The van der Waals surface area contributed by atoms with Crippen molar-refractivity contribution in [1.29, 1.82) is 0 Å². The first-order valence-electron chi connectivity index (χ1n) is 11.7. The van der Waals surface area contributed by atoms with E-state index in [0.717, 1.165) is 27.3 Å². The first-order valence-corrected chi connectivity index (χ1v) is 13.8. The molecule has 3 heterocycles. The summed E-state index contributed by atoms with van der Waals surface area (Å²) < 4.78 is 6.30. The van der Waals surface area contributed by atoms with E-state index in [0.29, 0.717) is 33.7 Å². The Balaban J connectivity index is 1.46. The summed E-state index contributed by atoms with van der Waals surface area (Å²) in [6.45, 7) is 2.35. The van der Waals surface area contributed by atoms with Crippen molar-refractivity contribution in [2.75, 3.05) is 4.90 Å². The molecule has 6 rings (SSSR count). The Morgan fingerprint density at radius 2 is 1.73 bits per heavy atom. The highest BCUT2D eigenvalue weighted by atomic mass is 35.5. The lowest BCUT2D eigenvalue weighted by Crippen LogP contribution is -2.32. The van der Waals surface area contributed by atoms with Gasteiger partial charge in [0.2, 0.25) is 11.8 Å². The van der Waals surface area contributed by atoms with Gasteiger partial charge in [0.1, 0.15) is 17.6 Å². The summed E-state index contributed by atoms with van der Waals surface area (Å²) in [5, 5.41) is 0.412. The molecule has 6 nitrogen and oxygen atoms in total. The van der Waals surface area contributed by atoms with Crippen LogP contribution in [0.5, 0.6) is 5.75 Å². The molecule has 0 aliphatic carbocycles. The summed E-state index contributed by atoms with van der Waals surface area (Å²) in [6.07, 6.45) is 0. The molecule has 0 spiro atoms. The van der Waals surface area contributed by atoms with Crippen LogP contribution in [0.25, 0.3) is 0 Å². The topological polar surface area (TPSA) is 79.5 Å². The van der Waals surface area contributed by atoms with E-state index < -0.39 is 17.1 Å². The number of halogens is 1. The van der Waals surface area contributed by atoms with Gasteiger partial charge in [-0.05, 0) is 48.4 Å². The highest BCUT2D eigenvalue weighted by Crippen LogP contribution is 2.54. The van der Waals surface area contributed by atoms with Crippen molar-refractivity contribution in [2.24, 2.45) is 5.92 Å². The minimum Gasteiger partial charge on any atom is -0.489 e. The number of thiazole rings is 1. The number of H-pyrrole nitrogens is 1. The molecule has 2 aliphatic rings. The van der Waals surface area contributed by atoms with Crippen LogP contribution < -0.4 is 14.5 Å². The second kappa shape index (κ2) is 9.52. The van der Waals surface area contributed by atoms with E-state index in [2.05, 4.69) is 4.98 Å². The molecule has 1 saturated heterocycles. The van der Waals surface area contributed by atoms with Crippen molar-refractivity contribution < 1.29 is 14.3 Å². The number of anilines is 1. The number of benzene rings is 3. The molecule has 0 saturated carbocycles. The third-order valence-corrected chi connectivity index (χ3v) is 9.43. The monoisotopic (exact) mass is 548 g/mol. The zero-order valence-corrected chi connectivity index (χ0v) is 22.0. The standard InChI is InChI=1S/C28H21ClN2O4S2/c1-15-7-5-6-8-16(15)14-35-20-12-11-17(29)13-19(20)21-22-24(36-25-23(21)37-28(34)30-25)27(33)31(26(22)32)18-9-3-2-4-10-18/h2-13,21-22,24H,14H2,1H3,(H,30,34)/t21-,22?,24?/m1/s1. The number of ether oxygens (including phenoxy) is 1. The van der Waals surface area contributed by atoms with Gasteiger partial charge in [-0.15, -0.1) is 0 Å². The number of nitrogens with zero attached hydrogens (tertiary/aromatic N) is 1. The molecular formula is C28H21ClN2O4S2. The molecule has 9 heteroatoms. The van der Waals surface area contributed by atoms with Gasteiger partial charge in [-0.3, -0.25) is 14.4 Å². The Labute approximate surface area is 226 Å². The molecule has 1 aromatic heterocycles. The van der Waals surface area contributed by atoms with Crippen LogP contribution in [0, 0.1) is 12.8 Å². The maximum atomic E-state index is 13.9. The number of aryl methyl sites for hydroxylation is 1. The predicted octanol–water partition coefficient (Wildman–Crippen LogP) is 5.77. The van der Waals surface area contributed by atoms with E-state index >= 15 is 0 Å². The average molecular weight is 549 g/mol. The van der Waals surface area contributed by atoms with Crippen LogP contribution in [0.15, 0.2) is 82.6 Å². The lowest BCUT2D eigenvalue weighted by atomic mass is 9.82. The van der Waals surface area contributed by atoms with Crippen LogP contribution in [-0.4, -0.2) is 22.0 Å². The zero-order valence-electron chi connectivity index (χ0n) is 19.6. The summed E-state index contributed by atoms with van der Waals surface area (Å²) in [5.74, 6) is -1.31. The predicted molar refractivity (Wildman–Crippen MR) is 146 cm³/mol. The molecule has 1 N–H and O–H groups in total. The molecule has 1 fully saturated rings. The summed E-state index contributed by atoms with van der Waals surface area (Å²) in [6, 6.07) is 22.2. The molecule has 3 aromatic carbocycles. The SMILES string of the molecule is Cc1ccccc1COc1ccc(Cl)cc1[C@H]1c2sc(=O)[nH]c2SC2C(=O)N(c3ccccc3)C(=O)C21. The number of rotatable bonds is 5. The second-order valence-corrected chi connectivity index (χ2v) is 11.6. The maximum Gasteiger partial charge on any atom is 0.305 e. The number of fused-ring (bicyclic) bond motifs is 2. The van der Waals surface area contributed by atoms with Crippen molar-refractivity contribution in [1.82, 2.24) is 4.98 Å². The van der Waals surface area contributed by atoms with Crippen LogP contribution in [0.2, 0.25) is 5.02 Å². The fraction of sp³-hybridized carbons (Fsp3) is 0.179. The van der Waals surface area contributed by atoms with E-state index in [1.807, 2.05) is 37.3 Å². The molecule has 2 unspecified atom stereocenters. The van der Waals surface area contributed by atoms with Crippen LogP contribution in [-0.2, 0) is 16.2 Å². The van der Waals surface area contributed by atoms with Crippen molar-refractivity contribution >= 4 is 52.2 Å². The number of amides is 2. The van der Waals surface area contributed by atoms with E-state index in [4.69, 9.17) is 16.3 Å². The Hall–Kier alpha value is -3.33. The van der Waals surface area contributed by atoms with Gasteiger partial charge in [0.05, 0.1) is 16.6 Å². The number of para-hydroxylation sites is 1. The van der Waals surface area contributed by atoms with E-state index in [1.165, 1.54) is 16.7 Å². The van der Waals surface area contributed by atoms with Crippen molar-refractivity contribution in [2.45, 2.75) is 29.7 Å². The number of imide groups is 1. The van der Waals surface area contributed by atoms with Crippen molar-refractivity contribution in [3.05, 3.63) is 109 Å². The van der Waals surface area contributed by atoms with Crippen molar-refractivity contribution in [3.63, 3.8) is 0 Å². The number of hydrogen-bond donors (Lipinski definition) is 1. The summed E-state index contributed by atoms with van der Waals surface area (Å²) in [7, 11) is 0. The largest absolute Gasteiger partial charge is 0.489 e. The molecular weight excluding hydrogens is 528 g/mol. The lowest BCUT2D eigenvalue weighted by molar-refractivity contribution is -0.122. The maximum absolute atomic E-state index is 13.9. The molecule has 2 amide bonds. The van der Waals surface area contributed by atoms with Gasteiger partial charge in [-0.25, -0.2) is 4.90 Å². The normalized spacial score (nSPS) is 20.6. The van der Waals surface area contributed by atoms with Crippen LogP contribution in [0.1, 0.15) is 27.5 Å². The van der Waals surface area contributed by atoms with E-state index in [9.17, 15) is 14.4 Å². The Kier molecular flexibility index (Phi) is 6.18. The Morgan fingerprint density at radius 3 is 2.51 bits per heavy atom. The molecule has 4 aromatic rings. The number of thioether (sulfide) groups is 1. The van der Waals surface area contributed by atoms with Gasteiger partial charge >= 0.3 is 4.87 Å². The van der Waals surface area contributed by atoms with Gasteiger partial charge in [-0.1, -0.05) is 77.2 Å². The third kappa shape index (κ3) is 4.19. The number of aromatic amines is 1. The van der Waals surface area contributed by atoms with Crippen LogP contribution >= 0.6 is 34.7 Å². The van der Waals surface area contributed by atoms with Crippen molar-refractivity contribution in [3.8, 4) is 5.75 Å². The number of carbonyl (C=O) groups is 2. The number of carbonyl (C=O) groups excluding carboxylic acids is 2. The van der Waals surface area contributed by atoms with Gasteiger partial charge in [0.15, 0.2) is 0 Å². The van der Waals surface area contributed by atoms with E-state index in [-0.39, 0.29) is 16.7 Å². The lowest BCUT2D eigenvalue weighted by Gasteiger charge is -2.31.